The molecule has 0 atom stereocenters. The van der Waals surface area contributed by atoms with Gasteiger partial charge in [0, 0.05) is 12.5 Å². The van der Waals surface area contributed by atoms with Gasteiger partial charge in [0.25, 0.3) is 11.8 Å². The zero-order chi connectivity index (χ0) is 21.5. The van der Waals surface area contributed by atoms with Crippen molar-refractivity contribution in [3.8, 4) is 11.6 Å². The summed E-state index contributed by atoms with van der Waals surface area (Å²) in [6.45, 7) is 2.04. The van der Waals surface area contributed by atoms with Crippen LogP contribution in [-0.2, 0) is 26.0 Å². The summed E-state index contributed by atoms with van der Waals surface area (Å²) in [7, 11) is -3.99. The van der Waals surface area contributed by atoms with E-state index in [-0.39, 0.29) is 18.0 Å². The highest BCUT2D eigenvalue weighted by Crippen LogP contribution is 2.38. The number of carbonyl (C=O) groups is 3. The van der Waals surface area contributed by atoms with Gasteiger partial charge in [0.1, 0.15) is 5.75 Å². The van der Waals surface area contributed by atoms with Gasteiger partial charge in [0.15, 0.2) is 0 Å². The van der Waals surface area contributed by atoms with Crippen molar-refractivity contribution in [1.82, 2.24) is 15.6 Å². The van der Waals surface area contributed by atoms with Crippen molar-refractivity contribution >= 4 is 33.6 Å². The van der Waals surface area contributed by atoms with Crippen LogP contribution in [-0.4, -0.2) is 42.5 Å². The number of benzene rings is 1. The number of amides is 4. The van der Waals surface area contributed by atoms with E-state index >= 15 is 0 Å². The van der Waals surface area contributed by atoms with Crippen LogP contribution in [0.5, 0.6) is 11.6 Å². The van der Waals surface area contributed by atoms with Crippen LogP contribution < -0.4 is 19.7 Å². The third-order valence-electron chi connectivity index (χ3n) is 5.06. The van der Waals surface area contributed by atoms with E-state index in [0.717, 1.165) is 16.3 Å². The van der Waals surface area contributed by atoms with Crippen LogP contribution in [0, 0.1) is 0 Å². The van der Waals surface area contributed by atoms with Crippen LogP contribution in [0.15, 0.2) is 42.6 Å². The third-order valence-corrected chi connectivity index (χ3v) is 6.86. The number of hydrogen-bond donors (Lipinski definition) is 2. The molecule has 0 saturated carbocycles. The van der Waals surface area contributed by atoms with Crippen molar-refractivity contribution in [2.45, 2.75) is 25.3 Å². The van der Waals surface area contributed by atoms with Crippen molar-refractivity contribution in [3.63, 3.8) is 0 Å². The maximum absolute atomic E-state index is 12.7. The van der Waals surface area contributed by atoms with E-state index < -0.39 is 39.2 Å². The summed E-state index contributed by atoms with van der Waals surface area (Å²) in [5, 5.41) is 3.94. The number of aryl methyl sites for hydroxylation is 1. The van der Waals surface area contributed by atoms with Crippen molar-refractivity contribution in [2.75, 3.05) is 10.1 Å². The smallest absolute Gasteiger partial charge is 0.328 e. The summed E-state index contributed by atoms with van der Waals surface area (Å²) >= 11 is 0. The molecular formula is C19H18N4O6S. The standard InChI is InChI=1S/C19H18N4O6S/c1-2-12-3-6-14(7-4-12)29-15-8-5-13(11-20-15)23-19(9-10-30(23,27)28)16(24)21-18(26)22-17(19)25/h3-8,11H,2,9-10H2,1H3,(H2,21,22,24,25,26). The molecule has 2 aromatic rings. The number of rotatable bonds is 4. The Hall–Kier alpha value is -3.47. The highest BCUT2D eigenvalue weighted by Gasteiger charge is 2.62. The van der Waals surface area contributed by atoms with Gasteiger partial charge >= 0.3 is 6.03 Å². The topological polar surface area (TPSA) is 135 Å². The monoisotopic (exact) mass is 430 g/mol. The molecule has 0 unspecified atom stereocenters. The number of hydrogen-bond acceptors (Lipinski definition) is 7. The van der Waals surface area contributed by atoms with E-state index in [4.69, 9.17) is 4.74 Å². The fraction of sp³-hybridized carbons (Fsp3) is 0.263. The number of carbonyl (C=O) groups excluding carboxylic acids is 3. The molecule has 4 rings (SSSR count). The Labute approximate surface area is 172 Å². The molecule has 2 aliphatic rings. The highest BCUT2D eigenvalue weighted by molar-refractivity contribution is 7.93. The zero-order valence-corrected chi connectivity index (χ0v) is 16.7. The lowest BCUT2D eigenvalue weighted by Gasteiger charge is -2.37. The SMILES string of the molecule is CCc1ccc(Oc2ccc(N3C4(CCS3(=O)=O)C(=O)NC(=O)NC4=O)cn2)cc1. The molecule has 0 aliphatic carbocycles. The average molecular weight is 430 g/mol. The number of aromatic nitrogens is 1. The average Bonchev–Trinajstić information content (AvgIpc) is 3.00. The first-order valence-electron chi connectivity index (χ1n) is 9.19. The largest absolute Gasteiger partial charge is 0.439 e. The van der Waals surface area contributed by atoms with E-state index in [0.29, 0.717) is 5.75 Å². The van der Waals surface area contributed by atoms with E-state index in [1.54, 1.807) is 12.1 Å². The van der Waals surface area contributed by atoms with Crippen LogP contribution >= 0.6 is 0 Å². The number of imide groups is 2. The number of urea groups is 1. The van der Waals surface area contributed by atoms with Gasteiger partial charge < -0.3 is 4.74 Å². The number of sulfonamides is 1. The van der Waals surface area contributed by atoms with Gasteiger partial charge in [-0.2, -0.15) is 0 Å². The molecule has 3 heterocycles. The summed E-state index contributed by atoms with van der Waals surface area (Å²) in [5.74, 6) is -1.64. The van der Waals surface area contributed by atoms with Crippen LogP contribution in [0.4, 0.5) is 10.5 Å². The lowest BCUT2D eigenvalue weighted by molar-refractivity contribution is -0.137. The predicted octanol–water partition coefficient (Wildman–Crippen LogP) is 1.08. The molecule has 2 aliphatic heterocycles. The lowest BCUT2D eigenvalue weighted by Crippen LogP contribution is -2.71. The van der Waals surface area contributed by atoms with E-state index in [1.807, 2.05) is 29.7 Å². The molecule has 2 fully saturated rings. The van der Waals surface area contributed by atoms with Gasteiger partial charge in [-0.3, -0.25) is 20.2 Å². The molecule has 156 valence electrons. The van der Waals surface area contributed by atoms with Crippen LogP contribution in [0.2, 0.25) is 0 Å². The van der Waals surface area contributed by atoms with Crippen molar-refractivity contribution in [3.05, 3.63) is 48.2 Å². The fourth-order valence-electron chi connectivity index (χ4n) is 3.51. The minimum atomic E-state index is -3.99. The van der Waals surface area contributed by atoms with E-state index in [9.17, 15) is 22.8 Å². The quantitative estimate of drug-likeness (QED) is 0.693. The summed E-state index contributed by atoms with van der Waals surface area (Å²) in [6, 6.07) is 9.27. The van der Waals surface area contributed by atoms with Crippen LogP contribution in [0.1, 0.15) is 18.9 Å². The van der Waals surface area contributed by atoms with E-state index in [2.05, 4.69) is 4.98 Å². The molecule has 11 heteroatoms. The zero-order valence-electron chi connectivity index (χ0n) is 15.9. The second-order valence-corrected chi connectivity index (χ2v) is 8.82. The predicted molar refractivity (Wildman–Crippen MR) is 105 cm³/mol. The molecule has 2 saturated heterocycles. The molecular weight excluding hydrogens is 412 g/mol. The lowest BCUT2D eigenvalue weighted by atomic mass is 9.92. The normalized spacial score (nSPS) is 19.5. The Morgan fingerprint density at radius 3 is 2.30 bits per heavy atom. The Bertz CT molecular complexity index is 1110. The second kappa shape index (κ2) is 7.10. The van der Waals surface area contributed by atoms with Gasteiger partial charge in [-0.1, -0.05) is 19.1 Å². The Morgan fingerprint density at radius 1 is 1.07 bits per heavy atom. The molecule has 4 amide bonds. The molecule has 30 heavy (non-hydrogen) atoms. The summed E-state index contributed by atoms with van der Waals surface area (Å²) in [6.07, 6.45) is 1.81. The fourth-order valence-corrected chi connectivity index (χ4v) is 5.41. The Kier molecular flexibility index (Phi) is 4.69. The van der Waals surface area contributed by atoms with Gasteiger partial charge in [-0.25, -0.2) is 22.5 Å². The molecule has 1 aromatic carbocycles. The number of anilines is 1. The summed E-state index contributed by atoms with van der Waals surface area (Å²) in [5.41, 5.74) is -0.911. The van der Waals surface area contributed by atoms with E-state index in [1.165, 1.54) is 18.3 Å². The van der Waals surface area contributed by atoms with Gasteiger partial charge in [0.05, 0.1) is 17.6 Å². The minimum Gasteiger partial charge on any atom is -0.439 e. The number of barbiturate groups is 1. The highest BCUT2D eigenvalue weighted by atomic mass is 32.2. The van der Waals surface area contributed by atoms with Crippen LogP contribution in [0.25, 0.3) is 0 Å². The maximum Gasteiger partial charge on any atom is 0.328 e. The van der Waals surface area contributed by atoms with Gasteiger partial charge in [-0.05, 0) is 30.2 Å². The first-order chi connectivity index (χ1) is 14.3. The second-order valence-electron chi connectivity index (χ2n) is 6.88. The third kappa shape index (κ3) is 3.16. The minimum absolute atomic E-state index is 0.0147. The Balaban J connectivity index is 1.65. The summed E-state index contributed by atoms with van der Waals surface area (Å²) in [4.78, 5) is 40.6. The number of nitrogens with one attached hydrogen (secondary N) is 2. The molecule has 2 N–H and O–H groups in total. The number of pyridine rings is 1. The summed E-state index contributed by atoms with van der Waals surface area (Å²) < 4.78 is 31.7. The maximum atomic E-state index is 12.7. The first kappa shape index (κ1) is 19.8. The molecule has 0 bridgehead atoms. The van der Waals surface area contributed by atoms with Crippen LogP contribution in [0.3, 0.4) is 0 Å². The number of ether oxygens (including phenoxy) is 1. The van der Waals surface area contributed by atoms with Crippen molar-refractivity contribution in [2.24, 2.45) is 0 Å². The van der Waals surface area contributed by atoms with Gasteiger partial charge in [-0.15, -0.1) is 0 Å². The van der Waals surface area contributed by atoms with Gasteiger partial charge in [0.2, 0.25) is 21.4 Å². The molecule has 1 aromatic heterocycles. The molecule has 0 radical (unpaired) electrons. The Morgan fingerprint density at radius 2 is 1.73 bits per heavy atom. The molecule has 10 nitrogen and oxygen atoms in total. The van der Waals surface area contributed by atoms with Crippen molar-refractivity contribution in [1.29, 1.82) is 0 Å². The van der Waals surface area contributed by atoms with Crippen molar-refractivity contribution < 1.29 is 27.5 Å². The first-order valence-corrected chi connectivity index (χ1v) is 10.8. The molecule has 1 spiro atoms. The number of nitrogens with zero attached hydrogens (tertiary/aromatic N) is 2.